The Hall–Kier alpha value is -1.44. The lowest BCUT2D eigenvalue weighted by Crippen LogP contribution is -2.59. The van der Waals surface area contributed by atoms with Crippen LogP contribution in [0.4, 0.5) is 0 Å². The van der Waals surface area contributed by atoms with E-state index in [2.05, 4.69) is 29.2 Å². The Labute approximate surface area is 155 Å². The molecule has 6 nitrogen and oxygen atoms in total. The van der Waals surface area contributed by atoms with Crippen molar-refractivity contribution in [2.75, 3.05) is 45.8 Å². The molecule has 0 atom stereocenters. The molecule has 0 aromatic heterocycles. The Kier molecular flexibility index (Phi) is 5.03. The zero-order valence-corrected chi connectivity index (χ0v) is 15.9. The number of carbonyl (C=O) groups is 1. The summed E-state index contributed by atoms with van der Waals surface area (Å²) >= 11 is 0. The van der Waals surface area contributed by atoms with E-state index in [1.54, 1.807) is 0 Å². The van der Waals surface area contributed by atoms with E-state index in [-0.39, 0.29) is 17.1 Å². The normalized spacial score (nSPS) is 23.0. The second-order valence-corrected chi connectivity index (χ2v) is 9.87. The summed E-state index contributed by atoms with van der Waals surface area (Å²) in [7, 11) is -3.11. The van der Waals surface area contributed by atoms with Crippen LogP contribution in [0, 0.1) is 5.92 Å². The molecule has 3 fully saturated rings. The molecule has 2 aliphatic heterocycles. The van der Waals surface area contributed by atoms with Gasteiger partial charge < -0.3 is 4.90 Å². The van der Waals surface area contributed by atoms with Crippen LogP contribution in [0.25, 0.3) is 0 Å². The van der Waals surface area contributed by atoms with Crippen molar-refractivity contribution in [2.24, 2.45) is 5.92 Å². The molecule has 3 aliphatic rings. The van der Waals surface area contributed by atoms with Gasteiger partial charge in [0.2, 0.25) is 15.9 Å². The molecule has 4 rings (SSSR count). The van der Waals surface area contributed by atoms with Crippen LogP contribution in [-0.2, 0) is 21.2 Å². The van der Waals surface area contributed by atoms with Gasteiger partial charge >= 0.3 is 0 Å². The Morgan fingerprint density at radius 3 is 2.27 bits per heavy atom. The van der Waals surface area contributed by atoms with Crippen molar-refractivity contribution in [1.82, 2.24) is 14.1 Å². The molecule has 2 heterocycles. The molecule has 142 valence electrons. The molecule has 0 radical (unpaired) electrons. The Balaban J connectivity index is 1.19. The third kappa shape index (κ3) is 3.80. The van der Waals surface area contributed by atoms with Crippen LogP contribution >= 0.6 is 0 Å². The molecule has 2 saturated heterocycles. The number of benzene rings is 1. The number of amides is 1. The minimum absolute atomic E-state index is 0.134. The van der Waals surface area contributed by atoms with Gasteiger partial charge in [-0.05, 0) is 24.8 Å². The fraction of sp³-hybridized carbons (Fsp3) is 0.632. The van der Waals surface area contributed by atoms with E-state index in [0.717, 1.165) is 52.0 Å². The number of hydrogen-bond donors (Lipinski definition) is 0. The highest BCUT2D eigenvalue weighted by Crippen LogP contribution is 2.34. The molecule has 1 saturated carbocycles. The van der Waals surface area contributed by atoms with E-state index < -0.39 is 10.0 Å². The maximum atomic E-state index is 12.6. The molecule has 1 aromatic rings. The summed E-state index contributed by atoms with van der Waals surface area (Å²) in [6.07, 6.45) is 2.59. The van der Waals surface area contributed by atoms with Crippen molar-refractivity contribution < 1.29 is 13.2 Å². The number of nitrogens with zero attached hydrogens (tertiary/aromatic N) is 3. The molecule has 0 N–H and O–H groups in total. The largest absolute Gasteiger partial charge is 0.340 e. The molecule has 0 bridgehead atoms. The van der Waals surface area contributed by atoms with Gasteiger partial charge in [0.05, 0.1) is 11.2 Å². The molecular weight excluding hydrogens is 350 g/mol. The van der Waals surface area contributed by atoms with Gasteiger partial charge in [-0.25, -0.2) is 8.42 Å². The van der Waals surface area contributed by atoms with Crippen LogP contribution in [0.1, 0.15) is 18.4 Å². The van der Waals surface area contributed by atoms with Gasteiger partial charge in [0.25, 0.3) is 0 Å². The van der Waals surface area contributed by atoms with E-state index in [0.29, 0.717) is 13.1 Å². The zero-order valence-electron chi connectivity index (χ0n) is 15.1. The van der Waals surface area contributed by atoms with Gasteiger partial charge in [0.1, 0.15) is 0 Å². The van der Waals surface area contributed by atoms with Gasteiger partial charge in [0.15, 0.2) is 0 Å². The van der Waals surface area contributed by atoms with E-state index in [1.165, 1.54) is 9.87 Å². The van der Waals surface area contributed by atoms with Crippen LogP contribution in [0.2, 0.25) is 0 Å². The molecule has 1 aromatic carbocycles. The van der Waals surface area contributed by atoms with Crippen LogP contribution in [0.5, 0.6) is 0 Å². The maximum Gasteiger partial charge on any atom is 0.228 e. The fourth-order valence-electron chi connectivity index (χ4n) is 3.76. The first-order valence-electron chi connectivity index (χ1n) is 9.58. The lowest BCUT2D eigenvalue weighted by molar-refractivity contribution is -0.140. The lowest BCUT2D eigenvalue weighted by atomic mass is 10.0. The summed E-state index contributed by atoms with van der Waals surface area (Å²) in [6, 6.07) is 10.5. The van der Waals surface area contributed by atoms with Crippen molar-refractivity contribution in [2.45, 2.75) is 24.5 Å². The van der Waals surface area contributed by atoms with Crippen LogP contribution < -0.4 is 0 Å². The van der Waals surface area contributed by atoms with Gasteiger partial charge in [-0.2, -0.15) is 4.31 Å². The lowest BCUT2D eigenvalue weighted by Gasteiger charge is -2.42. The fourth-order valence-corrected chi connectivity index (χ4v) is 5.69. The number of sulfonamides is 1. The zero-order chi connectivity index (χ0) is 18.1. The second kappa shape index (κ2) is 7.29. The third-order valence-corrected chi connectivity index (χ3v) is 8.08. The van der Waals surface area contributed by atoms with E-state index >= 15 is 0 Å². The van der Waals surface area contributed by atoms with Gasteiger partial charge in [0, 0.05) is 45.8 Å². The highest BCUT2D eigenvalue weighted by atomic mass is 32.2. The van der Waals surface area contributed by atoms with E-state index in [4.69, 9.17) is 0 Å². The molecule has 0 unspecified atom stereocenters. The monoisotopic (exact) mass is 377 g/mol. The number of rotatable bonds is 6. The van der Waals surface area contributed by atoms with Gasteiger partial charge in [-0.1, -0.05) is 30.3 Å². The van der Waals surface area contributed by atoms with Gasteiger partial charge in [-0.15, -0.1) is 0 Å². The van der Waals surface area contributed by atoms with Crippen LogP contribution in [0.3, 0.4) is 0 Å². The van der Waals surface area contributed by atoms with E-state index in [1.807, 2.05) is 11.0 Å². The van der Waals surface area contributed by atoms with Crippen molar-refractivity contribution in [3.05, 3.63) is 35.9 Å². The Morgan fingerprint density at radius 2 is 1.65 bits per heavy atom. The minimum atomic E-state index is -3.11. The molecular formula is C19H27N3O3S. The van der Waals surface area contributed by atoms with Crippen LogP contribution in [0.15, 0.2) is 30.3 Å². The summed E-state index contributed by atoms with van der Waals surface area (Å²) in [5.74, 6) is -0.00523. The molecule has 1 amide bonds. The summed E-state index contributed by atoms with van der Waals surface area (Å²) in [4.78, 5) is 16.9. The summed E-state index contributed by atoms with van der Waals surface area (Å²) in [5, 5.41) is -0.174. The second-order valence-electron chi connectivity index (χ2n) is 7.66. The Morgan fingerprint density at radius 1 is 1.00 bits per heavy atom. The summed E-state index contributed by atoms with van der Waals surface area (Å²) in [5.41, 5.74) is 1.34. The van der Waals surface area contributed by atoms with Crippen LogP contribution in [-0.4, -0.2) is 79.5 Å². The number of hydrogen-bond acceptors (Lipinski definition) is 4. The molecule has 26 heavy (non-hydrogen) atoms. The SMILES string of the molecule is O=C(C1CN(S(=O)(=O)C2CC2)C1)N1CCN(CCc2ccccc2)CC1. The predicted molar refractivity (Wildman–Crippen MR) is 100 cm³/mol. The van der Waals surface area contributed by atoms with Crippen molar-refractivity contribution in [1.29, 1.82) is 0 Å². The highest BCUT2D eigenvalue weighted by Gasteiger charge is 2.47. The molecule has 1 aliphatic carbocycles. The molecule has 7 heteroatoms. The molecule has 0 spiro atoms. The number of carbonyl (C=O) groups excluding carboxylic acids is 1. The summed E-state index contributed by atoms with van der Waals surface area (Å²) < 4.78 is 25.8. The van der Waals surface area contributed by atoms with E-state index in [9.17, 15) is 13.2 Å². The summed E-state index contributed by atoms with van der Waals surface area (Å²) in [6.45, 7) is 5.07. The van der Waals surface area contributed by atoms with Crippen molar-refractivity contribution in [3.63, 3.8) is 0 Å². The topological polar surface area (TPSA) is 60.9 Å². The number of piperazine rings is 1. The van der Waals surface area contributed by atoms with Gasteiger partial charge in [-0.3, -0.25) is 9.69 Å². The average Bonchev–Trinajstić information content (AvgIpc) is 3.45. The first-order valence-corrected chi connectivity index (χ1v) is 11.1. The predicted octanol–water partition coefficient (Wildman–Crippen LogP) is 0.797. The standard InChI is InChI=1S/C19H27N3O3S/c23-19(17-14-22(15-17)26(24,25)18-6-7-18)21-12-10-20(11-13-21)9-8-16-4-2-1-3-5-16/h1-5,17-18H,6-15H2. The highest BCUT2D eigenvalue weighted by molar-refractivity contribution is 7.90. The smallest absolute Gasteiger partial charge is 0.228 e. The van der Waals surface area contributed by atoms with Crippen molar-refractivity contribution >= 4 is 15.9 Å². The average molecular weight is 378 g/mol. The van der Waals surface area contributed by atoms with Crippen molar-refractivity contribution in [3.8, 4) is 0 Å². The quantitative estimate of drug-likeness (QED) is 0.736. The first kappa shape index (κ1) is 17.9. The minimum Gasteiger partial charge on any atom is -0.340 e. The Bertz CT molecular complexity index is 735. The maximum absolute atomic E-state index is 12.6. The first-order chi connectivity index (χ1) is 12.5. The third-order valence-electron chi connectivity index (χ3n) is 5.75.